The fourth-order valence-corrected chi connectivity index (χ4v) is 3.21. The number of hydrogen-bond acceptors (Lipinski definition) is 5. The second kappa shape index (κ2) is 5.35. The first kappa shape index (κ1) is 12.1. The van der Waals surface area contributed by atoms with Gasteiger partial charge in [0.2, 0.25) is 0 Å². The molecule has 1 aromatic rings. The fraction of sp³-hybridized carbons (Fsp3) is 0.692. The molecule has 0 atom stereocenters. The van der Waals surface area contributed by atoms with E-state index in [0.717, 1.165) is 54.8 Å². The van der Waals surface area contributed by atoms with Crippen LogP contribution < -0.4 is 0 Å². The molecule has 1 aliphatic carbocycles. The van der Waals surface area contributed by atoms with Crippen LogP contribution in [0.5, 0.6) is 0 Å². The van der Waals surface area contributed by atoms with Gasteiger partial charge >= 0.3 is 0 Å². The number of ether oxygens (including phenoxy) is 1. The highest BCUT2D eigenvalue weighted by atomic mass is 32.1. The minimum Gasteiger partial charge on any atom is -0.379 e. The summed E-state index contributed by atoms with van der Waals surface area (Å²) in [4.78, 5) is 7.92. The molecule has 1 aliphatic heterocycles. The average molecular weight is 263 g/mol. The van der Waals surface area contributed by atoms with Crippen molar-refractivity contribution in [3.8, 4) is 6.07 Å². The quantitative estimate of drug-likeness (QED) is 0.830. The molecule has 0 N–H and O–H groups in total. The number of morpholine rings is 1. The maximum atomic E-state index is 9.12. The SMILES string of the molecule is N#Cc1sc(CCN2CCOCC2)nc1C1CC1. The van der Waals surface area contributed by atoms with E-state index >= 15 is 0 Å². The lowest BCUT2D eigenvalue weighted by molar-refractivity contribution is 0.0384. The Labute approximate surface area is 111 Å². The van der Waals surface area contributed by atoms with Crippen LogP contribution in [-0.4, -0.2) is 42.7 Å². The van der Waals surface area contributed by atoms with Gasteiger partial charge in [-0.15, -0.1) is 11.3 Å². The molecule has 3 rings (SSSR count). The third-order valence-electron chi connectivity index (χ3n) is 3.51. The van der Waals surface area contributed by atoms with Gasteiger partial charge in [0.25, 0.3) is 0 Å². The van der Waals surface area contributed by atoms with Crippen molar-refractivity contribution in [2.45, 2.75) is 25.2 Å². The molecule has 1 saturated heterocycles. The van der Waals surface area contributed by atoms with Crippen molar-refractivity contribution in [2.75, 3.05) is 32.8 Å². The molecule has 5 heteroatoms. The second-order valence-electron chi connectivity index (χ2n) is 4.91. The Kier molecular flexibility index (Phi) is 3.59. The topological polar surface area (TPSA) is 49.2 Å². The summed E-state index contributed by atoms with van der Waals surface area (Å²) in [6.07, 6.45) is 3.38. The van der Waals surface area contributed by atoms with E-state index in [2.05, 4.69) is 16.0 Å². The van der Waals surface area contributed by atoms with Crippen LogP contribution in [-0.2, 0) is 11.2 Å². The van der Waals surface area contributed by atoms with E-state index in [9.17, 15) is 0 Å². The van der Waals surface area contributed by atoms with Gasteiger partial charge < -0.3 is 4.74 Å². The third kappa shape index (κ3) is 2.72. The molecule has 0 amide bonds. The first-order chi connectivity index (χ1) is 8.86. The Balaban J connectivity index is 1.60. The Bertz CT molecular complexity index is 455. The van der Waals surface area contributed by atoms with Gasteiger partial charge in [-0.3, -0.25) is 4.90 Å². The zero-order valence-corrected chi connectivity index (χ0v) is 11.2. The van der Waals surface area contributed by atoms with Crippen LogP contribution in [0.15, 0.2) is 0 Å². The van der Waals surface area contributed by atoms with Crippen molar-refractivity contribution in [3.63, 3.8) is 0 Å². The largest absolute Gasteiger partial charge is 0.379 e. The van der Waals surface area contributed by atoms with Crippen LogP contribution in [0, 0.1) is 11.3 Å². The standard InChI is InChI=1S/C13H17N3OS/c14-9-11-13(10-1-2-10)15-12(18-11)3-4-16-5-7-17-8-6-16/h10H,1-8H2. The molecular weight excluding hydrogens is 246 g/mol. The number of rotatable bonds is 4. The normalized spacial score (nSPS) is 20.8. The first-order valence-electron chi connectivity index (χ1n) is 6.56. The molecule has 0 radical (unpaired) electrons. The molecule has 18 heavy (non-hydrogen) atoms. The monoisotopic (exact) mass is 263 g/mol. The van der Waals surface area contributed by atoms with Crippen molar-refractivity contribution in [2.24, 2.45) is 0 Å². The molecule has 0 unspecified atom stereocenters. The van der Waals surface area contributed by atoms with Crippen LogP contribution in [0.1, 0.15) is 34.3 Å². The summed E-state index contributed by atoms with van der Waals surface area (Å²) >= 11 is 1.59. The van der Waals surface area contributed by atoms with Gasteiger partial charge in [-0.05, 0) is 12.8 Å². The van der Waals surface area contributed by atoms with Crippen LogP contribution in [0.2, 0.25) is 0 Å². The van der Waals surface area contributed by atoms with Crippen LogP contribution >= 0.6 is 11.3 Å². The highest BCUT2D eigenvalue weighted by Gasteiger charge is 2.29. The Morgan fingerprint density at radius 3 is 2.83 bits per heavy atom. The molecule has 2 fully saturated rings. The van der Waals surface area contributed by atoms with Gasteiger partial charge in [-0.2, -0.15) is 5.26 Å². The van der Waals surface area contributed by atoms with Gasteiger partial charge in [-0.25, -0.2) is 4.98 Å². The lowest BCUT2D eigenvalue weighted by atomic mass is 10.2. The van der Waals surface area contributed by atoms with Crippen molar-refractivity contribution in [1.29, 1.82) is 5.26 Å². The summed E-state index contributed by atoms with van der Waals surface area (Å²) in [5.41, 5.74) is 1.07. The van der Waals surface area contributed by atoms with E-state index in [1.54, 1.807) is 11.3 Å². The number of thiazole rings is 1. The summed E-state index contributed by atoms with van der Waals surface area (Å²) in [7, 11) is 0. The first-order valence-corrected chi connectivity index (χ1v) is 7.38. The molecule has 2 heterocycles. The van der Waals surface area contributed by atoms with Gasteiger partial charge in [0.1, 0.15) is 10.9 Å². The van der Waals surface area contributed by atoms with Crippen LogP contribution in [0.4, 0.5) is 0 Å². The van der Waals surface area contributed by atoms with Crippen molar-refractivity contribution in [1.82, 2.24) is 9.88 Å². The van der Waals surface area contributed by atoms with Crippen molar-refractivity contribution < 1.29 is 4.74 Å². The van der Waals surface area contributed by atoms with Crippen LogP contribution in [0.3, 0.4) is 0 Å². The second-order valence-corrected chi connectivity index (χ2v) is 6.00. The number of nitriles is 1. The van der Waals surface area contributed by atoms with Gasteiger partial charge in [0, 0.05) is 32.0 Å². The Morgan fingerprint density at radius 2 is 2.17 bits per heavy atom. The molecular formula is C13H17N3OS. The Hall–Kier alpha value is -0.960. The van der Waals surface area contributed by atoms with E-state index < -0.39 is 0 Å². The van der Waals surface area contributed by atoms with Crippen molar-refractivity contribution >= 4 is 11.3 Å². The Morgan fingerprint density at radius 1 is 1.39 bits per heavy atom. The molecule has 0 spiro atoms. The van der Waals surface area contributed by atoms with E-state index in [1.807, 2.05) is 0 Å². The summed E-state index contributed by atoms with van der Waals surface area (Å²) < 4.78 is 5.33. The smallest absolute Gasteiger partial charge is 0.128 e. The third-order valence-corrected chi connectivity index (χ3v) is 4.54. The van der Waals surface area contributed by atoms with E-state index in [0.29, 0.717) is 5.92 Å². The van der Waals surface area contributed by atoms with Crippen molar-refractivity contribution in [3.05, 3.63) is 15.6 Å². The average Bonchev–Trinajstić information content (AvgIpc) is 3.18. The number of nitrogens with zero attached hydrogens (tertiary/aromatic N) is 3. The highest BCUT2D eigenvalue weighted by molar-refractivity contribution is 7.12. The van der Waals surface area contributed by atoms with Gasteiger partial charge in [0.05, 0.1) is 23.9 Å². The zero-order valence-electron chi connectivity index (χ0n) is 10.4. The summed E-state index contributed by atoms with van der Waals surface area (Å²) in [5.74, 6) is 0.577. The van der Waals surface area contributed by atoms with E-state index in [4.69, 9.17) is 10.00 Å². The maximum absolute atomic E-state index is 9.12. The molecule has 96 valence electrons. The summed E-state index contributed by atoms with van der Waals surface area (Å²) in [6, 6.07) is 2.30. The van der Waals surface area contributed by atoms with E-state index in [-0.39, 0.29) is 0 Å². The fourth-order valence-electron chi connectivity index (χ4n) is 2.28. The minimum absolute atomic E-state index is 0.577. The van der Waals surface area contributed by atoms with Gasteiger partial charge in [-0.1, -0.05) is 0 Å². The highest BCUT2D eigenvalue weighted by Crippen LogP contribution is 2.42. The number of hydrogen-bond donors (Lipinski definition) is 0. The van der Waals surface area contributed by atoms with E-state index in [1.165, 1.54) is 12.8 Å². The molecule has 0 bridgehead atoms. The summed E-state index contributed by atoms with van der Waals surface area (Å²) in [5, 5.41) is 10.2. The van der Waals surface area contributed by atoms with Gasteiger partial charge in [0.15, 0.2) is 0 Å². The molecule has 1 aromatic heterocycles. The van der Waals surface area contributed by atoms with Crippen LogP contribution in [0.25, 0.3) is 0 Å². The molecule has 0 aromatic carbocycles. The zero-order chi connectivity index (χ0) is 12.4. The lowest BCUT2D eigenvalue weighted by Crippen LogP contribution is -2.37. The predicted molar refractivity (Wildman–Crippen MR) is 69.8 cm³/mol. The minimum atomic E-state index is 0.577. The molecule has 4 nitrogen and oxygen atoms in total. The predicted octanol–water partition coefficient (Wildman–Crippen LogP) is 1.77. The maximum Gasteiger partial charge on any atom is 0.128 e. The number of aromatic nitrogens is 1. The summed E-state index contributed by atoms with van der Waals surface area (Å²) in [6.45, 7) is 4.76. The molecule has 2 aliphatic rings. The lowest BCUT2D eigenvalue weighted by Gasteiger charge is -2.25. The molecule has 1 saturated carbocycles.